The number of hydrogen-bond donors (Lipinski definition) is 5. The molecule has 0 saturated carbocycles. The van der Waals surface area contributed by atoms with Gasteiger partial charge in [-0.15, -0.1) is 0 Å². The first-order valence-corrected chi connectivity index (χ1v) is 19.7. The number of esters is 1. The van der Waals surface area contributed by atoms with Crippen LogP contribution < -0.4 is 16.4 Å². The summed E-state index contributed by atoms with van der Waals surface area (Å²) in [6.45, 7) is 14.8. The molecule has 14 heteroatoms. The Kier molecular flexibility index (Phi) is 22.2. The maximum absolute atomic E-state index is 12.8. The van der Waals surface area contributed by atoms with Crippen LogP contribution in [0.1, 0.15) is 73.3 Å². The van der Waals surface area contributed by atoms with Gasteiger partial charge >= 0.3 is 11.9 Å². The number of carboxylic acids is 1. The van der Waals surface area contributed by atoms with Gasteiger partial charge in [0.1, 0.15) is 18.8 Å². The number of hydrogen-bond acceptors (Lipinski definition) is 11. The molecule has 58 heavy (non-hydrogen) atoms. The number of allylic oxidation sites excluding steroid dienone is 9. The molecular formula is C44H64N4O10. The van der Waals surface area contributed by atoms with Crippen LogP contribution in [-0.4, -0.2) is 104 Å². The van der Waals surface area contributed by atoms with Crippen molar-refractivity contribution in [1.82, 2.24) is 10.6 Å². The van der Waals surface area contributed by atoms with Gasteiger partial charge in [0.05, 0.1) is 32.1 Å². The number of aliphatic hydroxyl groups is 1. The summed E-state index contributed by atoms with van der Waals surface area (Å²) in [4.78, 5) is 54.0. The Labute approximate surface area is 343 Å². The van der Waals surface area contributed by atoms with E-state index in [1.807, 2.05) is 76.3 Å². The van der Waals surface area contributed by atoms with E-state index in [0.717, 1.165) is 46.9 Å². The van der Waals surface area contributed by atoms with Crippen molar-refractivity contribution in [2.45, 2.75) is 92.3 Å². The van der Waals surface area contributed by atoms with Gasteiger partial charge in [0.2, 0.25) is 0 Å². The molecule has 0 aromatic heterocycles. The maximum atomic E-state index is 12.8. The molecule has 2 amide bonds. The van der Waals surface area contributed by atoms with E-state index in [1.165, 1.54) is 0 Å². The number of rotatable bonds is 25. The summed E-state index contributed by atoms with van der Waals surface area (Å²) >= 11 is 0. The number of nitrogens with one attached hydrogen (secondary N) is 2. The van der Waals surface area contributed by atoms with E-state index in [2.05, 4.69) is 35.7 Å². The third-order valence-corrected chi connectivity index (χ3v) is 9.21. The summed E-state index contributed by atoms with van der Waals surface area (Å²) in [7, 11) is 0. The minimum atomic E-state index is -1.50. The topological polar surface area (TPSA) is 208 Å². The van der Waals surface area contributed by atoms with Crippen molar-refractivity contribution in [2.75, 3.05) is 46.2 Å². The van der Waals surface area contributed by atoms with Crippen LogP contribution in [0.25, 0.3) is 0 Å². The standard InChI is InChI=1S/C44H64N4O10/c1-30(2)26-38(47-42(53)41(52)36(45)28-34-14-9-8-10-15-34)43(54)57-25-24-56-23-22-55-21-20-46-39(49)29-58-48-37-18-19-44(6,7)35(33(37)5)17-16-31(3)12-11-13-32(4)27-40(50)51/h8-17,27,30,36,38,41,52H,18-26,28-29,45H2,1-7H3,(H,46,49)(H,47,53)(H,50,51)/b13-11+,17-16+,31-12+,32-27+,48-37+/t36-,38+,41+/m1/s1. The maximum Gasteiger partial charge on any atom is 0.328 e. The number of carbonyl (C=O) groups is 4. The lowest BCUT2D eigenvalue weighted by Crippen LogP contribution is -2.52. The highest BCUT2D eigenvalue weighted by molar-refractivity contribution is 6.01. The van der Waals surface area contributed by atoms with Crippen LogP contribution in [0.15, 0.2) is 94.2 Å². The molecule has 14 nitrogen and oxygen atoms in total. The van der Waals surface area contributed by atoms with Crippen molar-refractivity contribution in [3.8, 4) is 0 Å². The summed E-state index contributed by atoms with van der Waals surface area (Å²) in [5.41, 5.74) is 11.4. The van der Waals surface area contributed by atoms with Crippen molar-refractivity contribution in [3.05, 3.63) is 94.6 Å². The van der Waals surface area contributed by atoms with E-state index >= 15 is 0 Å². The Morgan fingerprint density at radius 2 is 1.66 bits per heavy atom. The fraction of sp³-hybridized carbons (Fsp3) is 0.523. The molecule has 0 spiro atoms. The second kappa shape index (κ2) is 26.2. The van der Waals surface area contributed by atoms with Crippen molar-refractivity contribution in [3.63, 3.8) is 0 Å². The van der Waals surface area contributed by atoms with Crippen LogP contribution >= 0.6 is 0 Å². The highest BCUT2D eigenvalue weighted by Gasteiger charge is 2.31. The minimum Gasteiger partial charge on any atom is -0.478 e. The van der Waals surface area contributed by atoms with Crippen LogP contribution in [0.4, 0.5) is 0 Å². The molecule has 2 rings (SSSR count). The first-order chi connectivity index (χ1) is 27.5. The molecule has 320 valence electrons. The lowest BCUT2D eigenvalue weighted by Gasteiger charge is -2.33. The van der Waals surface area contributed by atoms with Crippen molar-refractivity contribution in [1.29, 1.82) is 0 Å². The number of nitrogens with two attached hydrogens (primary N) is 1. The Bertz CT molecular complexity index is 1680. The predicted octanol–water partition coefficient (Wildman–Crippen LogP) is 4.74. The highest BCUT2D eigenvalue weighted by atomic mass is 16.6. The number of nitrogens with zero attached hydrogens (tertiary/aromatic N) is 1. The van der Waals surface area contributed by atoms with E-state index in [9.17, 15) is 24.3 Å². The molecule has 0 aliphatic heterocycles. The zero-order chi connectivity index (χ0) is 43.1. The minimum absolute atomic E-state index is 0.0314. The second-order valence-electron chi connectivity index (χ2n) is 15.3. The van der Waals surface area contributed by atoms with E-state index < -0.39 is 36.0 Å². The molecule has 3 atom stereocenters. The summed E-state index contributed by atoms with van der Waals surface area (Å²) in [5.74, 6) is -2.60. The molecule has 0 heterocycles. The summed E-state index contributed by atoms with van der Waals surface area (Å²) in [6, 6.07) is 7.49. The Balaban J connectivity index is 1.67. The highest BCUT2D eigenvalue weighted by Crippen LogP contribution is 2.40. The molecule has 0 unspecified atom stereocenters. The quantitative estimate of drug-likeness (QED) is 0.0300. The molecular weight excluding hydrogens is 745 g/mol. The first kappa shape index (κ1) is 49.3. The Morgan fingerprint density at radius 1 is 0.983 bits per heavy atom. The average molecular weight is 809 g/mol. The third-order valence-electron chi connectivity index (χ3n) is 9.21. The smallest absolute Gasteiger partial charge is 0.328 e. The van der Waals surface area contributed by atoms with E-state index in [-0.39, 0.29) is 63.4 Å². The van der Waals surface area contributed by atoms with Gasteiger partial charge < -0.3 is 45.6 Å². The number of oxime groups is 1. The van der Waals surface area contributed by atoms with Crippen LogP contribution in [0.2, 0.25) is 0 Å². The lowest BCUT2D eigenvalue weighted by atomic mass is 9.72. The number of amides is 2. The number of aliphatic hydroxyl groups excluding tert-OH is 1. The zero-order valence-corrected chi connectivity index (χ0v) is 35.1. The van der Waals surface area contributed by atoms with Crippen LogP contribution in [0.3, 0.4) is 0 Å². The number of benzene rings is 1. The van der Waals surface area contributed by atoms with E-state index in [0.29, 0.717) is 18.4 Å². The van der Waals surface area contributed by atoms with Crippen LogP contribution in [0.5, 0.6) is 0 Å². The number of carbonyl (C=O) groups excluding carboxylic acids is 3. The SMILES string of the molecule is CC1=C(/C=C/C(C)=C/C=C/C(C)=C/C(=O)O)C(C)(C)CC/C1=N\OCC(=O)NCCOCCOCCOC(=O)[C@H](CC(C)C)NC(=O)[C@@H](O)[C@H](N)Cc1ccccc1. The Morgan fingerprint density at radius 3 is 2.33 bits per heavy atom. The fourth-order valence-corrected chi connectivity index (χ4v) is 5.99. The van der Waals surface area contributed by atoms with Gasteiger partial charge in [-0.25, -0.2) is 9.59 Å². The van der Waals surface area contributed by atoms with E-state index in [4.69, 9.17) is 29.9 Å². The summed E-state index contributed by atoms with van der Waals surface area (Å²) in [5, 5.41) is 28.9. The molecule has 1 aliphatic rings. The molecule has 1 aromatic rings. The molecule has 0 bridgehead atoms. The molecule has 1 aromatic carbocycles. The second-order valence-corrected chi connectivity index (χ2v) is 15.3. The van der Waals surface area contributed by atoms with Gasteiger partial charge in [-0.05, 0) is 80.1 Å². The number of aliphatic carboxylic acids is 1. The molecule has 0 fully saturated rings. The van der Waals surface area contributed by atoms with Gasteiger partial charge in [0, 0.05) is 18.7 Å². The van der Waals surface area contributed by atoms with Crippen molar-refractivity contribution in [2.24, 2.45) is 22.2 Å². The third kappa shape index (κ3) is 19.5. The van der Waals surface area contributed by atoms with Gasteiger partial charge in [0.25, 0.3) is 11.8 Å². The normalized spacial score (nSPS) is 17.1. The number of ether oxygens (including phenoxy) is 3. The number of carboxylic acid groups (broad SMARTS) is 1. The molecule has 1 aliphatic carbocycles. The van der Waals surface area contributed by atoms with Crippen LogP contribution in [0, 0.1) is 11.3 Å². The van der Waals surface area contributed by atoms with Crippen molar-refractivity contribution < 1.29 is 48.4 Å². The summed E-state index contributed by atoms with van der Waals surface area (Å²) < 4.78 is 16.3. The van der Waals surface area contributed by atoms with Gasteiger partial charge in [-0.1, -0.05) is 99.1 Å². The largest absolute Gasteiger partial charge is 0.478 e. The zero-order valence-electron chi connectivity index (χ0n) is 35.1. The van der Waals surface area contributed by atoms with Gasteiger partial charge in [0.15, 0.2) is 6.61 Å². The predicted molar refractivity (Wildman–Crippen MR) is 224 cm³/mol. The Hall–Kier alpha value is -4.89. The lowest BCUT2D eigenvalue weighted by molar-refractivity contribution is -0.151. The molecule has 0 saturated heterocycles. The monoisotopic (exact) mass is 808 g/mol. The van der Waals surface area contributed by atoms with Gasteiger partial charge in [-0.2, -0.15) is 0 Å². The first-order valence-electron chi connectivity index (χ1n) is 19.7. The summed E-state index contributed by atoms with van der Waals surface area (Å²) in [6.07, 6.45) is 11.4. The molecule has 6 N–H and O–H groups in total. The van der Waals surface area contributed by atoms with E-state index in [1.54, 1.807) is 13.0 Å². The van der Waals surface area contributed by atoms with Crippen LogP contribution in [-0.2, 0) is 44.6 Å². The van der Waals surface area contributed by atoms with Gasteiger partial charge in [-0.3, -0.25) is 9.59 Å². The van der Waals surface area contributed by atoms with Crippen molar-refractivity contribution >= 4 is 29.5 Å². The molecule has 0 radical (unpaired) electrons. The fourth-order valence-electron chi connectivity index (χ4n) is 5.99. The average Bonchev–Trinajstić information content (AvgIpc) is 3.15.